The molecule has 0 fully saturated rings. The van der Waals surface area contributed by atoms with Gasteiger partial charge in [0.2, 0.25) is 0 Å². The van der Waals surface area contributed by atoms with E-state index in [-0.39, 0.29) is 11.7 Å². The lowest BCUT2D eigenvalue weighted by Gasteiger charge is -2.08. The van der Waals surface area contributed by atoms with Crippen LogP contribution >= 0.6 is 0 Å². The van der Waals surface area contributed by atoms with Crippen LogP contribution in [-0.4, -0.2) is 16.7 Å². The fourth-order valence-electron chi connectivity index (χ4n) is 3.22. The normalized spacial score (nSPS) is 11.3. The number of amides is 1. The van der Waals surface area contributed by atoms with E-state index in [1.165, 1.54) is 5.39 Å². The van der Waals surface area contributed by atoms with E-state index in [0.29, 0.717) is 23.4 Å². The first kappa shape index (κ1) is 20.2. The Morgan fingerprint density at radius 1 is 0.903 bits per heavy atom. The maximum Gasteiger partial charge on any atom is 0.271 e. The van der Waals surface area contributed by atoms with Gasteiger partial charge in [-0.25, -0.2) is 5.43 Å². The van der Waals surface area contributed by atoms with Crippen molar-refractivity contribution in [2.24, 2.45) is 5.10 Å². The van der Waals surface area contributed by atoms with E-state index in [1.54, 1.807) is 43.3 Å². The molecule has 0 unspecified atom stereocenters. The number of aromatic hydroxyl groups is 1. The molecular weight excluding hydrogens is 388 g/mol. The highest BCUT2D eigenvalue weighted by atomic mass is 16.5. The number of hydrogen-bond acceptors (Lipinski definition) is 4. The molecule has 4 aromatic carbocycles. The van der Waals surface area contributed by atoms with E-state index in [2.05, 4.69) is 22.7 Å². The van der Waals surface area contributed by atoms with Crippen LogP contribution in [0.2, 0.25) is 0 Å². The Morgan fingerprint density at radius 3 is 2.39 bits per heavy atom. The lowest BCUT2D eigenvalue weighted by atomic mass is 10.1. The molecule has 0 aliphatic rings. The minimum Gasteiger partial charge on any atom is -0.507 e. The first-order valence-electron chi connectivity index (χ1n) is 9.94. The summed E-state index contributed by atoms with van der Waals surface area (Å²) in [7, 11) is 0. The molecule has 154 valence electrons. The fraction of sp³-hybridized carbons (Fsp3) is 0.0769. The summed E-state index contributed by atoms with van der Waals surface area (Å²) in [5, 5.41) is 16.3. The molecule has 4 rings (SSSR count). The Morgan fingerprint density at radius 2 is 1.61 bits per heavy atom. The SMILES string of the molecule is C/C(=N\NC(=O)c1ccc(COc2ccc3ccccc3c2)cc1)c1ccccc1O. The summed E-state index contributed by atoms with van der Waals surface area (Å²) in [6.45, 7) is 2.13. The topological polar surface area (TPSA) is 70.9 Å². The minimum absolute atomic E-state index is 0.119. The Hall–Kier alpha value is -4.12. The van der Waals surface area contributed by atoms with Crippen molar-refractivity contribution in [1.82, 2.24) is 5.43 Å². The van der Waals surface area contributed by atoms with Crippen LogP contribution in [0, 0.1) is 0 Å². The zero-order valence-electron chi connectivity index (χ0n) is 17.1. The zero-order chi connectivity index (χ0) is 21.6. The van der Waals surface area contributed by atoms with Gasteiger partial charge >= 0.3 is 0 Å². The Kier molecular flexibility index (Phi) is 5.94. The first-order chi connectivity index (χ1) is 15.1. The van der Waals surface area contributed by atoms with Gasteiger partial charge in [-0.2, -0.15) is 5.10 Å². The number of phenols is 1. The van der Waals surface area contributed by atoms with Crippen LogP contribution in [0.3, 0.4) is 0 Å². The number of rotatable bonds is 6. The van der Waals surface area contributed by atoms with E-state index in [0.717, 1.165) is 16.7 Å². The van der Waals surface area contributed by atoms with Crippen molar-refractivity contribution in [3.63, 3.8) is 0 Å². The van der Waals surface area contributed by atoms with E-state index in [4.69, 9.17) is 4.74 Å². The molecule has 0 atom stereocenters. The third-order valence-electron chi connectivity index (χ3n) is 4.96. The predicted molar refractivity (Wildman–Crippen MR) is 123 cm³/mol. The van der Waals surface area contributed by atoms with Crippen molar-refractivity contribution in [2.45, 2.75) is 13.5 Å². The van der Waals surface area contributed by atoms with Crippen LogP contribution in [0.4, 0.5) is 0 Å². The molecule has 0 saturated carbocycles. The number of hydrazone groups is 1. The summed E-state index contributed by atoms with van der Waals surface area (Å²) in [4.78, 5) is 12.4. The molecule has 0 aliphatic heterocycles. The van der Waals surface area contributed by atoms with Crippen LogP contribution in [0.15, 0.2) is 96.1 Å². The smallest absolute Gasteiger partial charge is 0.271 e. The van der Waals surface area contributed by atoms with Crippen LogP contribution < -0.4 is 10.2 Å². The van der Waals surface area contributed by atoms with Gasteiger partial charge in [0.1, 0.15) is 18.1 Å². The Bertz CT molecular complexity index is 1250. The Balaban J connectivity index is 1.36. The first-order valence-corrected chi connectivity index (χ1v) is 9.94. The number of benzene rings is 4. The average Bonchev–Trinajstić information content (AvgIpc) is 2.81. The van der Waals surface area contributed by atoms with Gasteiger partial charge < -0.3 is 9.84 Å². The van der Waals surface area contributed by atoms with Crippen LogP contribution in [0.1, 0.15) is 28.4 Å². The monoisotopic (exact) mass is 410 g/mol. The lowest BCUT2D eigenvalue weighted by molar-refractivity contribution is 0.0954. The summed E-state index contributed by atoms with van der Waals surface area (Å²) in [6, 6.07) is 28.2. The standard InChI is InChI=1S/C26H22N2O3/c1-18(24-8-4-5-9-25(24)29)27-28-26(30)21-12-10-19(11-13-21)17-31-23-15-14-20-6-2-3-7-22(20)16-23/h2-16,29H,17H2,1H3,(H,28,30)/b27-18+. The van der Waals surface area contributed by atoms with E-state index < -0.39 is 0 Å². The predicted octanol–water partition coefficient (Wildman–Crippen LogP) is 5.28. The number of ether oxygens (including phenoxy) is 1. The molecule has 0 heterocycles. The number of carbonyl (C=O) groups excluding carboxylic acids is 1. The molecule has 0 bridgehead atoms. The molecular formula is C26H22N2O3. The van der Waals surface area contributed by atoms with E-state index >= 15 is 0 Å². The third-order valence-corrected chi connectivity index (χ3v) is 4.96. The summed E-state index contributed by atoms with van der Waals surface area (Å²) in [5.41, 5.74) is 5.06. The highest BCUT2D eigenvalue weighted by molar-refractivity contribution is 6.02. The van der Waals surface area contributed by atoms with Crippen LogP contribution in [0.5, 0.6) is 11.5 Å². The molecule has 5 heteroatoms. The molecule has 2 N–H and O–H groups in total. The van der Waals surface area contributed by atoms with Crippen LogP contribution in [0.25, 0.3) is 10.8 Å². The molecule has 0 aromatic heterocycles. The van der Waals surface area contributed by atoms with Gasteiger partial charge in [0.05, 0.1) is 5.71 Å². The third kappa shape index (κ3) is 4.90. The summed E-state index contributed by atoms with van der Waals surface area (Å²) < 4.78 is 5.89. The van der Waals surface area contributed by atoms with Crippen molar-refractivity contribution in [2.75, 3.05) is 0 Å². The second kappa shape index (κ2) is 9.13. The summed E-state index contributed by atoms with van der Waals surface area (Å²) >= 11 is 0. The number of hydrogen-bond donors (Lipinski definition) is 2. The number of fused-ring (bicyclic) bond motifs is 1. The zero-order valence-corrected chi connectivity index (χ0v) is 17.1. The minimum atomic E-state index is -0.322. The summed E-state index contributed by atoms with van der Waals surface area (Å²) in [6.07, 6.45) is 0. The highest BCUT2D eigenvalue weighted by Crippen LogP contribution is 2.21. The maximum atomic E-state index is 12.4. The number of para-hydroxylation sites is 1. The fourth-order valence-corrected chi connectivity index (χ4v) is 3.22. The summed E-state index contributed by atoms with van der Waals surface area (Å²) in [5.74, 6) is 0.597. The number of carbonyl (C=O) groups is 1. The second-order valence-corrected chi connectivity index (χ2v) is 7.15. The second-order valence-electron chi connectivity index (χ2n) is 7.15. The van der Waals surface area contributed by atoms with Gasteiger partial charge in [-0.1, -0.05) is 54.6 Å². The van der Waals surface area contributed by atoms with Crippen molar-refractivity contribution in [3.05, 3.63) is 108 Å². The number of phenolic OH excluding ortho intramolecular Hbond substituents is 1. The van der Waals surface area contributed by atoms with E-state index in [9.17, 15) is 9.90 Å². The van der Waals surface area contributed by atoms with Crippen molar-refractivity contribution >= 4 is 22.4 Å². The van der Waals surface area contributed by atoms with Gasteiger partial charge in [-0.15, -0.1) is 0 Å². The molecule has 4 aromatic rings. The molecule has 1 amide bonds. The molecule has 0 aliphatic carbocycles. The van der Waals surface area contributed by atoms with Crippen molar-refractivity contribution < 1.29 is 14.6 Å². The molecule has 5 nitrogen and oxygen atoms in total. The van der Waals surface area contributed by atoms with Gasteiger partial charge in [0.25, 0.3) is 5.91 Å². The van der Waals surface area contributed by atoms with Gasteiger partial charge in [0.15, 0.2) is 0 Å². The van der Waals surface area contributed by atoms with Gasteiger partial charge in [0, 0.05) is 11.1 Å². The number of nitrogens with one attached hydrogen (secondary N) is 1. The van der Waals surface area contributed by atoms with Gasteiger partial charge in [-0.3, -0.25) is 4.79 Å². The molecule has 0 radical (unpaired) electrons. The quantitative estimate of drug-likeness (QED) is 0.336. The number of nitrogens with zero attached hydrogens (tertiary/aromatic N) is 1. The average molecular weight is 410 g/mol. The molecule has 31 heavy (non-hydrogen) atoms. The highest BCUT2D eigenvalue weighted by Gasteiger charge is 2.07. The maximum absolute atomic E-state index is 12.4. The largest absolute Gasteiger partial charge is 0.507 e. The van der Waals surface area contributed by atoms with Crippen LogP contribution in [-0.2, 0) is 6.61 Å². The van der Waals surface area contributed by atoms with Crippen molar-refractivity contribution in [3.8, 4) is 11.5 Å². The molecule has 0 spiro atoms. The molecule has 0 saturated heterocycles. The van der Waals surface area contributed by atoms with Crippen molar-refractivity contribution in [1.29, 1.82) is 0 Å². The Labute approximate surface area is 180 Å². The van der Waals surface area contributed by atoms with Gasteiger partial charge in [-0.05, 0) is 59.7 Å². The lowest BCUT2D eigenvalue weighted by Crippen LogP contribution is -2.19. The van der Waals surface area contributed by atoms with E-state index in [1.807, 2.05) is 42.5 Å².